The predicted octanol–water partition coefficient (Wildman–Crippen LogP) is 3.04. The van der Waals surface area contributed by atoms with Gasteiger partial charge < -0.3 is 10.7 Å². The fourth-order valence-electron chi connectivity index (χ4n) is 1.42. The summed E-state index contributed by atoms with van der Waals surface area (Å²) in [6, 6.07) is 5.79. The third-order valence-electron chi connectivity index (χ3n) is 2.40. The zero-order valence-corrected chi connectivity index (χ0v) is 10.2. The van der Waals surface area contributed by atoms with Crippen LogP contribution < -0.4 is 5.73 Å². The Morgan fingerprint density at radius 2 is 2.07 bits per heavy atom. The molecule has 2 rings (SSSR count). The number of nitrogens with two attached hydrogens (primary N) is 1. The number of aryl methyl sites for hydroxylation is 2. The minimum Gasteiger partial charge on any atom is -0.398 e. The Hall–Kier alpha value is -1.29. The van der Waals surface area contributed by atoms with Gasteiger partial charge in [0.05, 0.1) is 5.69 Å². The smallest absolute Gasteiger partial charge is 0.139 e. The van der Waals surface area contributed by atoms with Crippen LogP contribution in [0.5, 0.6) is 0 Å². The Balaban J connectivity index is 2.54. The normalized spacial score (nSPS) is 10.6. The molecule has 0 aliphatic heterocycles. The molecule has 0 radical (unpaired) electrons. The van der Waals surface area contributed by atoms with E-state index in [2.05, 4.69) is 25.9 Å². The molecule has 0 spiro atoms. The quantitative estimate of drug-likeness (QED) is 0.779. The zero-order chi connectivity index (χ0) is 11.0. The topological polar surface area (TPSA) is 54.7 Å². The summed E-state index contributed by atoms with van der Waals surface area (Å²) in [7, 11) is 0. The number of aromatic nitrogens is 2. The van der Waals surface area contributed by atoms with Gasteiger partial charge in [-0.2, -0.15) is 0 Å². The highest BCUT2D eigenvalue weighted by Crippen LogP contribution is 2.27. The van der Waals surface area contributed by atoms with E-state index in [1.54, 1.807) is 0 Å². The van der Waals surface area contributed by atoms with Crippen LogP contribution >= 0.6 is 15.9 Å². The standard InChI is InChI=1S/C11H12BrN3/c1-6-7(2)15-11(14-6)9-4-3-8(12)5-10(9)13/h3-5H,13H2,1-2H3,(H,14,15). The van der Waals surface area contributed by atoms with Crippen molar-refractivity contribution in [3.8, 4) is 11.4 Å². The average molecular weight is 266 g/mol. The number of nitrogen functional groups attached to an aromatic ring is 1. The van der Waals surface area contributed by atoms with Crippen molar-refractivity contribution in [2.45, 2.75) is 13.8 Å². The van der Waals surface area contributed by atoms with Crippen LogP contribution in [-0.2, 0) is 0 Å². The van der Waals surface area contributed by atoms with Crippen LogP contribution in [-0.4, -0.2) is 9.97 Å². The Bertz CT molecular complexity index is 483. The number of nitrogens with one attached hydrogen (secondary N) is 1. The Morgan fingerprint density at radius 3 is 2.60 bits per heavy atom. The predicted molar refractivity (Wildman–Crippen MR) is 65.6 cm³/mol. The van der Waals surface area contributed by atoms with Crippen molar-refractivity contribution in [2.75, 3.05) is 5.73 Å². The molecule has 0 fully saturated rings. The molecule has 78 valence electrons. The number of anilines is 1. The summed E-state index contributed by atoms with van der Waals surface area (Å²) < 4.78 is 0.976. The van der Waals surface area contributed by atoms with E-state index in [0.717, 1.165) is 32.9 Å². The summed E-state index contributed by atoms with van der Waals surface area (Å²) in [4.78, 5) is 7.63. The van der Waals surface area contributed by atoms with E-state index >= 15 is 0 Å². The van der Waals surface area contributed by atoms with Gasteiger partial charge in [-0.3, -0.25) is 0 Å². The second-order valence-electron chi connectivity index (χ2n) is 3.53. The molecule has 15 heavy (non-hydrogen) atoms. The van der Waals surface area contributed by atoms with Gasteiger partial charge in [0.15, 0.2) is 0 Å². The van der Waals surface area contributed by atoms with E-state index < -0.39 is 0 Å². The third-order valence-corrected chi connectivity index (χ3v) is 2.89. The number of benzene rings is 1. The lowest BCUT2D eigenvalue weighted by Gasteiger charge is -2.02. The lowest BCUT2D eigenvalue weighted by molar-refractivity contribution is 1.22. The van der Waals surface area contributed by atoms with Gasteiger partial charge in [0.1, 0.15) is 5.82 Å². The van der Waals surface area contributed by atoms with Crippen molar-refractivity contribution in [2.24, 2.45) is 0 Å². The summed E-state index contributed by atoms with van der Waals surface area (Å²) in [5.74, 6) is 0.829. The highest BCUT2D eigenvalue weighted by molar-refractivity contribution is 9.10. The number of H-pyrrole nitrogens is 1. The van der Waals surface area contributed by atoms with Crippen LogP contribution in [0.3, 0.4) is 0 Å². The van der Waals surface area contributed by atoms with Crippen LogP contribution in [0.2, 0.25) is 0 Å². The minimum atomic E-state index is 0.720. The SMILES string of the molecule is Cc1nc(-c2ccc(Br)cc2N)[nH]c1C. The molecule has 4 heteroatoms. The number of aromatic amines is 1. The zero-order valence-electron chi connectivity index (χ0n) is 8.63. The van der Waals surface area contributed by atoms with Crippen molar-refractivity contribution >= 4 is 21.6 Å². The lowest BCUT2D eigenvalue weighted by Crippen LogP contribution is -1.91. The Labute approximate surface area is 96.9 Å². The lowest BCUT2D eigenvalue weighted by atomic mass is 10.2. The first-order chi connectivity index (χ1) is 7.08. The summed E-state index contributed by atoms with van der Waals surface area (Å²) in [5, 5.41) is 0. The van der Waals surface area contributed by atoms with Gasteiger partial charge in [-0.1, -0.05) is 15.9 Å². The number of hydrogen-bond donors (Lipinski definition) is 2. The van der Waals surface area contributed by atoms with E-state index in [1.165, 1.54) is 0 Å². The molecule has 0 saturated heterocycles. The van der Waals surface area contributed by atoms with Crippen LogP contribution in [0.1, 0.15) is 11.4 Å². The molecule has 0 atom stereocenters. The van der Waals surface area contributed by atoms with E-state index in [4.69, 9.17) is 5.73 Å². The van der Waals surface area contributed by atoms with E-state index in [9.17, 15) is 0 Å². The Kier molecular flexibility index (Phi) is 2.52. The molecule has 3 nitrogen and oxygen atoms in total. The summed E-state index contributed by atoms with van der Waals surface area (Å²) >= 11 is 3.38. The number of halogens is 1. The molecular formula is C11H12BrN3. The molecule has 0 aliphatic carbocycles. The van der Waals surface area contributed by atoms with Crippen molar-refractivity contribution in [1.29, 1.82) is 0 Å². The molecule has 0 bridgehead atoms. The van der Waals surface area contributed by atoms with Crippen LogP contribution in [0.15, 0.2) is 22.7 Å². The van der Waals surface area contributed by atoms with Crippen LogP contribution in [0.4, 0.5) is 5.69 Å². The highest BCUT2D eigenvalue weighted by Gasteiger charge is 2.08. The molecule has 1 aromatic heterocycles. The first-order valence-electron chi connectivity index (χ1n) is 4.66. The minimum absolute atomic E-state index is 0.720. The molecule has 0 saturated carbocycles. The maximum atomic E-state index is 5.92. The molecule has 3 N–H and O–H groups in total. The maximum Gasteiger partial charge on any atom is 0.139 e. The van der Waals surface area contributed by atoms with Crippen molar-refractivity contribution in [1.82, 2.24) is 9.97 Å². The molecule has 0 amide bonds. The monoisotopic (exact) mass is 265 g/mol. The number of nitrogens with zero attached hydrogens (tertiary/aromatic N) is 1. The van der Waals surface area contributed by atoms with Crippen molar-refractivity contribution in [3.05, 3.63) is 34.1 Å². The van der Waals surface area contributed by atoms with Gasteiger partial charge in [-0.15, -0.1) is 0 Å². The number of hydrogen-bond acceptors (Lipinski definition) is 2. The van der Waals surface area contributed by atoms with Gasteiger partial charge in [-0.25, -0.2) is 4.98 Å². The Morgan fingerprint density at radius 1 is 1.33 bits per heavy atom. The van der Waals surface area contributed by atoms with Gasteiger partial charge in [-0.05, 0) is 32.0 Å². The van der Waals surface area contributed by atoms with Crippen molar-refractivity contribution in [3.63, 3.8) is 0 Å². The van der Waals surface area contributed by atoms with Crippen LogP contribution in [0, 0.1) is 13.8 Å². The van der Waals surface area contributed by atoms with E-state index in [-0.39, 0.29) is 0 Å². The molecule has 2 aromatic rings. The van der Waals surface area contributed by atoms with Gasteiger partial charge in [0.2, 0.25) is 0 Å². The fourth-order valence-corrected chi connectivity index (χ4v) is 1.80. The molecule has 1 heterocycles. The maximum absolute atomic E-state index is 5.92. The van der Waals surface area contributed by atoms with E-state index in [0.29, 0.717) is 0 Å². The second kappa shape index (κ2) is 3.70. The second-order valence-corrected chi connectivity index (χ2v) is 4.44. The first kappa shape index (κ1) is 10.2. The third kappa shape index (κ3) is 1.90. The molecule has 0 aliphatic rings. The largest absolute Gasteiger partial charge is 0.398 e. The number of rotatable bonds is 1. The highest BCUT2D eigenvalue weighted by atomic mass is 79.9. The average Bonchev–Trinajstić information content (AvgIpc) is 2.46. The van der Waals surface area contributed by atoms with Gasteiger partial charge in [0.25, 0.3) is 0 Å². The summed E-state index contributed by atoms with van der Waals surface area (Å²) in [6.07, 6.45) is 0. The van der Waals surface area contributed by atoms with Gasteiger partial charge >= 0.3 is 0 Å². The fraction of sp³-hybridized carbons (Fsp3) is 0.182. The molecule has 0 unspecified atom stereocenters. The first-order valence-corrected chi connectivity index (χ1v) is 5.46. The molecular weight excluding hydrogens is 254 g/mol. The summed E-state index contributed by atoms with van der Waals surface area (Å²) in [5.41, 5.74) is 9.67. The van der Waals surface area contributed by atoms with Crippen LogP contribution in [0.25, 0.3) is 11.4 Å². The molecule has 1 aromatic carbocycles. The van der Waals surface area contributed by atoms with Crippen molar-refractivity contribution < 1.29 is 0 Å². The summed E-state index contributed by atoms with van der Waals surface area (Å²) in [6.45, 7) is 3.98. The van der Waals surface area contributed by atoms with E-state index in [1.807, 2.05) is 32.0 Å². The van der Waals surface area contributed by atoms with Gasteiger partial charge in [0, 0.05) is 21.4 Å². The number of imidazole rings is 1.